The molecule has 0 unspecified atom stereocenters. The lowest BCUT2D eigenvalue weighted by atomic mass is 10.1. The van der Waals surface area contributed by atoms with E-state index in [9.17, 15) is 28.1 Å². The summed E-state index contributed by atoms with van der Waals surface area (Å²) in [4.78, 5) is 23.8. The molecule has 0 aliphatic rings. The van der Waals surface area contributed by atoms with Crippen LogP contribution >= 0.6 is 0 Å². The van der Waals surface area contributed by atoms with Gasteiger partial charge in [-0.2, -0.15) is 13.2 Å². The Labute approximate surface area is 163 Å². The second-order valence-corrected chi connectivity index (χ2v) is 6.69. The van der Waals surface area contributed by atoms with Crippen LogP contribution in [0.3, 0.4) is 0 Å². The van der Waals surface area contributed by atoms with Crippen molar-refractivity contribution in [2.45, 2.75) is 26.1 Å². The van der Waals surface area contributed by atoms with Crippen molar-refractivity contribution in [1.29, 1.82) is 0 Å². The molecule has 0 spiro atoms. The van der Waals surface area contributed by atoms with Gasteiger partial charge in [-0.15, -0.1) is 0 Å². The highest BCUT2D eigenvalue weighted by atomic mass is 19.4. The summed E-state index contributed by atoms with van der Waals surface area (Å²) in [6.45, 7) is -0.165. The molecule has 3 aromatic rings. The van der Waals surface area contributed by atoms with Gasteiger partial charge in [-0.05, 0) is 18.6 Å². The minimum atomic E-state index is -4.64. The normalized spacial score (nSPS) is 11.6. The maximum absolute atomic E-state index is 13.1. The van der Waals surface area contributed by atoms with E-state index in [1.165, 1.54) is 30.5 Å². The Bertz CT molecular complexity index is 1060. The monoisotopic (exact) mass is 406 g/mol. The molecule has 0 saturated carbocycles. The number of fused-ring (bicyclic) bond motifs is 1. The van der Waals surface area contributed by atoms with Gasteiger partial charge in [-0.1, -0.05) is 30.3 Å². The van der Waals surface area contributed by atoms with E-state index < -0.39 is 30.1 Å². The summed E-state index contributed by atoms with van der Waals surface area (Å²) in [5, 5.41) is 11.8. The van der Waals surface area contributed by atoms with E-state index in [-0.39, 0.29) is 17.7 Å². The topological polar surface area (TPSA) is 76.6 Å². The fraction of sp³-hybridized carbons (Fsp3) is 0.250. The number of hydrogen-bond acceptors (Lipinski definition) is 4. The molecule has 0 bridgehead atoms. The summed E-state index contributed by atoms with van der Waals surface area (Å²) in [5.74, 6) is -0.802. The number of carbonyl (C=O) groups excluding carboxylic acids is 1. The van der Waals surface area contributed by atoms with E-state index in [1.807, 2.05) is 13.0 Å². The number of benzene rings is 2. The van der Waals surface area contributed by atoms with Crippen LogP contribution in [0.4, 0.5) is 18.9 Å². The van der Waals surface area contributed by atoms with Gasteiger partial charge >= 0.3 is 6.18 Å². The van der Waals surface area contributed by atoms with Crippen LogP contribution in [0.15, 0.2) is 53.1 Å². The maximum atomic E-state index is 13.1. The fourth-order valence-electron chi connectivity index (χ4n) is 3.08. The third-order valence-electron chi connectivity index (χ3n) is 4.43. The largest absolute Gasteiger partial charge is 0.464 e. The Hall–Kier alpha value is -3.36. The molecule has 0 saturated heterocycles. The van der Waals surface area contributed by atoms with Gasteiger partial charge in [-0.3, -0.25) is 14.9 Å². The van der Waals surface area contributed by atoms with E-state index in [0.717, 1.165) is 5.56 Å². The number of alkyl halides is 3. The first-order valence-electron chi connectivity index (χ1n) is 8.67. The first kappa shape index (κ1) is 20.4. The molecule has 1 aromatic heterocycles. The number of para-hydroxylation sites is 1. The van der Waals surface area contributed by atoms with Crippen molar-refractivity contribution in [3.8, 4) is 0 Å². The summed E-state index contributed by atoms with van der Waals surface area (Å²) in [7, 11) is 0. The molecule has 0 N–H and O–H groups in total. The average Bonchev–Trinajstić information content (AvgIpc) is 3.02. The minimum absolute atomic E-state index is 0.0303. The number of furan rings is 1. The van der Waals surface area contributed by atoms with Gasteiger partial charge in [-0.25, -0.2) is 0 Å². The molecule has 152 valence electrons. The van der Waals surface area contributed by atoms with Gasteiger partial charge in [0.1, 0.15) is 12.1 Å². The molecule has 2 aromatic carbocycles. The van der Waals surface area contributed by atoms with Gasteiger partial charge in [0, 0.05) is 22.6 Å². The smallest absolute Gasteiger partial charge is 0.406 e. The number of nitro groups is 1. The van der Waals surface area contributed by atoms with E-state index in [1.54, 1.807) is 12.1 Å². The Morgan fingerprint density at radius 2 is 1.90 bits per heavy atom. The lowest BCUT2D eigenvalue weighted by molar-refractivity contribution is -0.385. The summed E-state index contributed by atoms with van der Waals surface area (Å²) in [5.41, 5.74) is 1.63. The van der Waals surface area contributed by atoms with Crippen LogP contribution in [-0.4, -0.2) is 28.5 Å². The Morgan fingerprint density at radius 3 is 2.59 bits per heavy atom. The summed E-state index contributed by atoms with van der Waals surface area (Å²) < 4.78 is 44.6. The highest BCUT2D eigenvalue weighted by Crippen LogP contribution is 2.26. The summed E-state index contributed by atoms with van der Waals surface area (Å²) in [6, 6.07) is 10.7. The lowest BCUT2D eigenvalue weighted by Crippen LogP contribution is -2.39. The van der Waals surface area contributed by atoms with Crippen LogP contribution in [0.2, 0.25) is 0 Å². The minimum Gasteiger partial charge on any atom is -0.464 e. The number of hydrogen-bond donors (Lipinski definition) is 0. The van der Waals surface area contributed by atoms with Crippen LogP contribution in [0, 0.1) is 17.0 Å². The van der Waals surface area contributed by atoms with Gasteiger partial charge in [0.15, 0.2) is 0 Å². The molecule has 1 amide bonds. The summed E-state index contributed by atoms with van der Waals surface area (Å²) >= 11 is 0. The molecule has 0 fully saturated rings. The first-order valence-corrected chi connectivity index (χ1v) is 8.67. The third-order valence-corrected chi connectivity index (χ3v) is 4.43. The zero-order valence-electron chi connectivity index (χ0n) is 15.4. The highest BCUT2D eigenvalue weighted by molar-refractivity contribution is 5.88. The zero-order chi connectivity index (χ0) is 21.2. The van der Waals surface area contributed by atoms with Crippen LogP contribution in [-0.2, 0) is 17.8 Å². The Kier molecular flexibility index (Phi) is 5.58. The molecule has 6 nitrogen and oxygen atoms in total. The van der Waals surface area contributed by atoms with Gasteiger partial charge < -0.3 is 9.32 Å². The van der Waals surface area contributed by atoms with Crippen LogP contribution in [0.5, 0.6) is 0 Å². The van der Waals surface area contributed by atoms with Crippen molar-refractivity contribution >= 4 is 22.6 Å². The first-order chi connectivity index (χ1) is 13.6. The number of nitro benzene ring substituents is 1. The quantitative estimate of drug-likeness (QED) is 0.436. The molecule has 3 rings (SSSR count). The molecule has 1 heterocycles. The van der Waals surface area contributed by atoms with Crippen molar-refractivity contribution < 1.29 is 27.3 Å². The molecule has 9 heteroatoms. The number of halogens is 3. The molecular formula is C20H17F3N2O4. The highest BCUT2D eigenvalue weighted by Gasteiger charge is 2.34. The van der Waals surface area contributed by atoms with Crippen molar-refractivity contribution in [1.82, 2.24) is 4.90 Å². The molecule has 0 radical (unpaired) electrons. The Balaban J connectivity index is 1.88. The van der Waals surface area contributed by atoms with E-state index in [2.05, 4.69) is 0 Å². The standard InChI is InChI=1S/C20H17F3N2O4/c1-13-6-7-16-15(11-29-18(16)8-13)9-19(26)24(12-20(21,22)23)10-14-4-2-3-5-17(14)25(27)28/h2-8,11H,9-10,12H2,1H3. The number of amides is 1. The molecule has 29 heavy (non-hydrogen) atoms. The maximum Gasteiger partial charge on any atom is 0.406 e. The fourth-order valence-corrected chi connectivity index (χ4v) is 3.08. The van der Waals surface area contributed by atoms with Crippen molar-refractivity contribution in [3.05, 3.63) is 75.5 Å². The number of nitrogens with zero attached hydrogens (tertiary/aromatic N) is 2. The van der Waals surface area contributed by atoms with Crippen molar-refractivity contribution in [3.63, 3.8) is 0 Å². The van der Waals surface area contributed by atoms with Gasteiger partial charge in [0.2, 0.25) is 5.91 Å². The van der Waals surface area contributed by atoms with Gasteiger partial charge in [0.05, 0.1) is 24.2 Å². The predicted octanol–water partition coefficient (Wildman–Crippen LogP) is 4.78. The van der Waals surface area contributed by atoms with Gasteiger partial charge in [0.25, 0.3) is 5.69 Å². The number of aryl methyl sites for hydroxylation is 1. The SMILES string of the molecule is Cc1ccc2c(CC(=O)N(Cc3ccccc3[N+](=O)[O-])CC(F)(F)F)coc2c1. The number of carbonyl (C=O) groups is 1. The molecule has 0 atom stereocenters. The average molecular weight is 406 g/mol. The third kappa shape index (κ3) is 4.92. The number of rotatable bonds is 6. The van der Waals surface area contributed by atoms with E-state index in [0.29, 0.717) is 21.4 Å². The molecular weight excluding hydrogens is 389 g/mol. The van der Waals surface area contributed by atoms with E-state index in [4.69, 9.17) is 4.42 Å². The van der Waals surface area contributed by atoms with Crippen LogP contribution in [0.1, 0.15) is 16.7 Å². The zero-order valence-corrected chi connectivity index (χ0v) is 15.4. The second-order valence-electron chi connectivity index (χ2n) is 6.69. The van der Waals surface area contributed by atoms with E-state index >= 15 is 0 Å². The summed E-state index contributed by atoms with van der Waals surface area (Å²) in [6.07, 6.45) is -3.61. The van der Waals surface area contributed by atoms with Crippen LogP contribution < -0.4 is 0 Å². The lowest BCUT2D eigenvalue weighted by Gasteiger charge is -2.24. The predicted molar refractivity (Wildman–Crippen MR) is 99.2 cm³/mol. The molecule has 0 aliphatic carbocycles. The van der Waals surface area contributed by atoms with Crippen molar-refractivity contribution in [2.24, 2.45) is 0 Å². The Morgan fingerprint density at radius 1 is 1.17 bits per heavy atom. The molecule has 0 aliphatic heterocycles. The van der Waals surface area contributed by atoms with Crippen LogP contribution in [0.25, 0.3) is 11.0 Å². The second kappa shape index (κ2) is 7.94. The van der Waals surface area contributed by atoms with Crippen molar-refractivity contribution in [2.75, 3.05) is 6.54 Å².